The zero-order chi connectivity index (χ0) is 31.5. The molecule has 0 saturated heterocycles. The number of amides is 4. The van der Waals surface area contributed by atoms with Crippen molar-refractivity contribution in [3.8, 4) is 5.75 Å². The van der Waals surface area contributed by atoms with Gasteiger partial charge in [0.05, 0.1) is 30.4 Å². The van der Waals surface area contributed by atoms with Crippen LogP contribution in [0.2, 0.25) is 0 Å². The number of aliphatic hydroxyl groups is 1. The Kier molecular flexibility index (Phi) is 13.6. The summed E-state index contributed by atoms with van der Waals surface area (Å²) in [6, 6.07) is 4.63. The first-order valence-electron chi connectivity index (χ1n) is 16.2. The van der Waals surface area contributed by atoms with Crippen LogP contribution in [0.5, 0.6) is 5.75 Å². The molecule has 0 radical (unpaired) electrons. The van der Waals surface area contributed by atoms with Crippen LogP contribution in [-0.2, 0) is 9.53 Å². The maximum atomic E-state index is 14.3. The highest BCUT2D eigenvalue weighted by atomic mass is 16.5. The summed E-state index contributed by atoms with van der Waals surface area (Å²) in [6.45, 7) is 10.6. The Morgan fingerprint density at radius 1 is 1.07 bits per heavy atom. The van der Waals surface area contributed by atoms with Gasteiger partial charge in [0.25, 0.3) is 5.91 Å². The van der Waals surface area contributed by atoms with Gasteiger partial charge in [-0.3, -0.25) is 9.59 Å². The third-order valence-corrected chi connectivity index (χ3v) is 8.51. The normalized spacial score (nSPS) is 23.5. The van der Waals surface area contributed by atoms with Gasteiger partial charge in [0.15, 0.2) is 0 Å². The molecule has 10 heteroatoms. The van der Waals surface area contributed by atoms with Gasteiger partial charge in [-0.2, -0.15) is 0 Å². The molecule has 4 atom stereocenters. The molecule has 1 fully saturated rings. The van der Waals surface area contributed by atoms with Gasteiger partial charge >= 0.3 is 6.03 Å². The van der Waals surface area contributed by atoms with Gasteiger partial charge in [-0.05, 0) is 78.0 Å². The van der Waals surface area contributed by atoms with Crippen LogP contribution in [-0.4, -0.2) is 90.4 Å². The Hall–Kier alpha value is -2.85. The van der Waals surface area contributed by atoms with Crippen LogP contribution in [0.4, 0.5) is 10.5 Å². The topological polar surface area (TPSA) is 120 Å². The highest BCUT2D eigenvalue weighted by molar-refractivity contribution is 6.00. The lowest BCUT2D eigenvalue weighted by Crippen LogP contribution is -2.49. The molecule has 3 N–H and O–H groups in total. The average Bonchev–Trinajstić information content (AvgIpc) is 2.98. The molecule has 43 heavy (non-hydrogen) atoms. The first-order chi connectivity index (χ1) is 20.5. The molecule has 3 rings (SSSR count). The van der Waals surface area contributed by atoms with E-state index in [4.69, 9.17) is 9.47 Å². The minimum Gasteiger partial charge on any atom is -0.490 e. The third kappa shape index (κ3) is 10.4. The molecular weight excluding hydrogens is 548 g/mol. The van der Waals surface area contributed by atoms with E-state index in [1.54, 1.807) is 35.0 Å². The van der Waals surface area contributed by atoms with Crippen molar-refractivity contribution >= 4 is 23.5 Å². The molecule has 0 aromatic heterocycles. The smallest absolute Gasteiger partial charge is 0.317 e. The number of fused-ring (bicyclic) bond motifs is 1. The van der Waals surface area contributed by atoms with Crippen molar-refractivity contribution in [2.75, 3.05) is 38.7 Å². The SMILES string of the molecule is CC(C)NC(=O)N(C)C[C@@H]1OCCCC[C@@H](C)Oc2ccc(NC(=O)C3CCCCC3)cc2C(=O)N([C@H](C)CO)C[C@H]1C. The lowest BCUT2D eigenvalue weighted by atomic mass is 9.88. The number of nitrogens with zero attached hydrogens (tertiary/aromatic N) is 2. The molecule has 1 aromatic rings. The summed E-state index contributed by atoms with van der Waals surface area (Å²) in [7, 11) is 1.75. The second-order valence-corrected chi connectivity index (χ2v) is 12.8. The van der Waals surface area contributed by atoms with Crippen molar-refractivity contribution < 1.29 is 29.0 Å². The zero-order valence-electron chi connectivity index (χ0n) is 27.1. The fourth-order valence-corrected chi connectivity index (χ4v) is 5.78. The number of nitrogens with one attached hydrogen (secondary N) is 2. The van der Waals surface area contributed by atoms with Gasteiger partial charge in [-0.15, -0.1) is 0 Å². The van der Waals surface area contributed by atoms with Crippen LogP contribution < -0.4 is 15.4 Å². The Balaban J connectivity index is 1.91. The molecule has 1 aromatic carbocycles. The first-order valence-corrected chi connectivity index (χ1v) is 16.2. The number of hydrogen-bond acceptors (Lipinski definition) is 6. The third-order valence-electron chi connectivity index (χ3n) is 8.51. The van der Waals surface area contributed by atoms with Gasteiger partial charge < -0.3 is 35.0 Å². The summed E-state index contributed by atoms with van der Waals surface area (Å²) in [5.74, 6) is 0.00518. The highest BCUT2D eigenvalue weighted by Gasteiger charge is 2.31. The number of carbonyl (C=O) groups excluding carboxylic acids is 3. The maximum Gasteiger partial charge on any atom is 0.317 e. The van der Waals surface area contributed by atoms with E-state index in [0.29, 0.717) is 36.7 Å². The second kappa shape index (κ2) is 16.9. The number of aliphatic hydroxyl groups excluding tert-OH is 1. The van der Waals surface area contributed by atoms with Crippen molar-refractivity contribution in [1.82, 2.24) is 15.1 Å². The van der Waals surface area contributed by atoms with Gasteiger partial charge in [-0.1, -0.05) is 26.2 Å². The van der Waals surface area contributed by atoms with Crippen LogP contribution >= 0.6 is 0 Å². The van der Waals surface area contributed by atoms with Crippen LogP contribution in [0.15, 0.2) is 18.2 Å². The Labute approximate surface area is 257 Å². The molecule has 242 valence electrons. The predicted octanol–water partition coefficient (Wildman–Crippen LogP) is 5.05. The summed E-state index contributed by atoms with van der Waals surface area (Å²) in [5, 5.41) is 16.1. The number of hydrogen-bond donors (Lipinski definition) is 3. The van der Waals surface area contributed by atoms with Crippen LogP contribution in [0, 0.1) is 11.8 Å². The summed E-state index contributed by atoms with van der Waals surface area (Å²) in [4.78, 5) is 43.2. The molecule has 1 heterocycles. The molecule has 10 nitrogen and oxygen atoms in total. The van der Waals surface area contributed by atoms with E-state index < -0.39 is 6.04 Å². The number of urea groups is 1. The van der Waals surface area contributed by atoms with Gasteiger partial charge in [0, 0.05) is 50.3 Å². The first kappa shape index (κ1) is 34.6. The minimum atomic E-state index is -0.476. The van der Waals surface area contributed by atoms with Gasteiger partial charge in [0.1, 0.15) is 5.75 Å². The Morgan fingerprint density at radius 2 is 1.77 bits per heavy atom. The van der Waals surface area contributed by atoms with E-state index in [0.717, 1.165) is 51.4 Å². The molecule has 1 aliphatic carbocycles. The predicted molar refractivity (Wildman–Crippen MR) is 168 cm³/mol. The number of rotatable bonds is 7. The van der Waals surface area contributed by atoms with Crippen LogP contribution in [0.25, 0.3) is 0 Å². The fourth-order valence-electron chi connectivity index (χ4n) is 5.78. The van der Waals surface area contributed by atoms with E-state index in [1.807, 2.05) is 34.6 Å². The monoisotopic (exact) mass is 602 g/mol. The maximum absolute atomic E-state index is 14.3. The van der Waals surface area contributed by atoms with E-state index in [1.165, 1.54) is 0 Å². The number of carbonyl (C=O) groups is 3. The van der Waals surface area contributed by atoms with Crippen molar-refractivity contribution in [3.63, 3.8) is 0 Å². The van der Waals surface area contributed by atoms with E-state index in [9.17, 15) is 19.5 Å². The number of anilines is 1. The molecule has 4 amide bonds. The summed E-state index contributed by atoms with van der Waals surface area (Å²) in [5.41, 5.74) is 0.910. The fraction of sp³-hybridized carbons (Fsp3) is 0.727. The van der Waals surface area contributed by atoms with E-state index >= 15 is 0 Å². The van der Waals surface area contributed by atoms with Crippen molar-refractivity contribution in [3.05, 3.63) is 23.8 Å². The average molecular weight is 603 g/mol. The Morgan fingerprint density at radius 3 is 2.44 bits per heavy atom. The minimum absolute atomic E-state index is 0.0115. The number of likely N-dealkylation sites (N-methyl/N-ethyl adjacent to an activating group) is 1. The quantitative estimate of drug-likeness (QED) is 0.402. The molecule has 1 saturated carbocycles. The van der Waals surface area contributed by atoms with Crippen molar-refractivity contribution in [2.24, 2.45) is 11.8 Å². The zero-order valence-corrected chi connectivity index (χ0v) is 27.1. The van der Waals surface area contributed by atoms with Gasteiger partial charge in [0.2, 0.25) is 5.91 Å². The second-order valence-electron chi connectivity index (χ2n) is 12.8. The largest absolute Gasteiger partial charge is 0.490 e. The van der Waals surface area contributed by atoms with Crippen molar-refractivity contribution in [1.29, 1.82) is 0 Å². The molecule has 0 spiro atoms. The van der Waals surface area contributed by atoms with Crippen LogP contribution in [0.3, 0.4) is 0 Å². The van der Waals surface area contributed by atoms with E-state index in [-0.39, 0.29) is 54.5 Å². The van der Waals surface area contributed by atoms with Gasteiger partial charge in [-0.25, -0.2) is 4.79 Å². The highest BCUT2D eigenvalue weighted by Crippen LogP contribution is 2.30. The molecule has 2 aliphatic rings. The summed E-state index contributed by atoms with van der Waals surface area (Å²) < 4.78 is 12.6. The standard InChI is InChI=1S/C33H54N4O6/c1-22(2)34-33(41)36(6)20-30-23(3)19-37(24(4)21-38)32(40)28-18-27(35-31(39)26-13-8-7-9-14-26)15-16-29(28)43-25(5)12-10-11-17-42-30/h15-16,18,22-26,30,38H,7-14,17,19-21H2,1-6H3,(H,34,41)(H,35,39)/t23-,24-,25-,30+/m1/s1. The number of ether oxygens (including phenoxy) is 2. The summed E-state index contributed by atoms with van der Waals surface area (Å²) in [6.07, 6.45) is 7.10. The lowest BCUT2D eigenvalue weighted by Gasteiger charge is -2.36. The molecular formula is C33H54N4O6. The molecule has 0 bridgehead atoms. The molecule has 0 unspecified atom stereocenters. The lowest BCUT2D eigenvalue weighted by molar-refractivity contribution is -0.120. The Bertz CT molecular complexity index is 1060. The summed E-state index contributed by atoms with van der Waals surface area (Å²) >= 11 is 0. The van der Waals surface area contributed by atoms with Crippen LogP contribution in [0.1, 0.15) is 96.3 Å². The number of benzene rings is 1. The van der Waals surface area contributed by atoms with Crippen molar-refractivity contribution in [2.45, 2.75) is 110 Å². The molecule has 1 aliphatic heterocycles. The van der Waals surface area contributed by atoms with E-state index in [2.05, 4.69) is 10.6 Å².